The molecule has 1 N–H and O–H groups in total. The second kappa shape index (κ2) is 9.41. The molecule has 0 aliphatic carbocycles. The van der Waals surface area contributed by atoms with Gasteiger partial charge in [-0.2, -0.15) is 0 Å². The Hall–Kier alpha value is -3.54. The van der Waals surface area contributed by atoms with Crippen LogP contribution in [0.25, 0.3) is 0 Å². The molecule has 0 spiro atoms. The number of rotatable bonds is 9. The highest BCUT2D eigenvalue weighted by molar-refractivity contribution is 5.91. The van der Waals surface area contributed by atoms with Crippen LogP contribution in [0.3, 0.4) is 0 Å². The van der Waals surface area contributed by atoms with E-state index in [1.165, 1.54) is 0 Å². The number of aryl methyl sites for hydroxylation is 1. The molecule has 0 saturated heterocycles. The van der Waals surface area contributed by atoms with Gasteiger partial charge >= 0.3 is 5.97 Å². The molecule has 2 aromatic carbocycles. The molecule has 0 aliphatic heterocycles. The van der Waals surface area contributed by atoms with Crippen LogP contribution in [-0.4, -0.2) is 29.3 Å². The van der Waals surface area contributed by atoms with Crippen molar-refractivity contribution in [3.63, 3.8) is 0 Å². The molecule has 3 rings (SSSR count). The predicted molar refractivity (Wildman–Crippen MR) is 104 cm³/mol. The summed E-state index contributed by atoms with van der Waals surface area (Å²) in [6, 6.07) is 18.0. The first-order chi connectivity index (χ1) is 13.6. The van der Waals surface area contributed by atoms with Crippen LogP contribution in [0.4, 0.5) is 0 Å². The van der Waals surface area contributed by atoms with E-state index >= 15 is 0 Å². The Labute approximate surface area is 163 Å². The van der Waals surface area contributed by atoms with Crippen molar-refractivity contribution >= 4 is 5.97 Å². The zero-order chi connectivity index (χ0) is 19.8. The van der Waals surface area contributed by atoms with E-state index < -0.39 is 5.97 Å². The van der Waals surface area contributed by atoms with Gasteiger partial charge in [0.2, 0.25) is 5.88 Å². The summed E-state index contributed by atoms with van der Waals surface area (Å²) in [7, 11) is 0. The van der Waals surface area contributed by atoms with Gasteiger partial charge in [0, 0.05) is 23.9 Å². The van der Waals surface area contributed by atoms with Crippen molar-refractivity contribution in [2.24, 2.45) is 0 Å². The van der Waals surface area contributed by atoms with E-state index in [2.05, 4.69) is 4.98 Å². The Balaban J connectivity index is 1.54. The van der Waals surface area contributed by atoms with Crippen LogP contribution in [0.1, 0.15) is 21.5 Å². The predicted octanol–water partition coefficient (Wildman–Crippen LogP) is 4.13. The molecule has 0 bridgehead atoms. The fourth-order valence-electron chi connectivity index (χ4n) is 2.71. The molecule has 1 heterocycles. The second-order valence-corrected chi connectivity index (χ2v) is 6.04. The number of hydrogen-bond donors (Lipinski definition) is 1. The fraction of sp³-hybridized carbons (Fsp3) is 0.182. The molecule has 0 saturated carbocycles. The number of aromatic nitrogens is 1. The number of carboxylic acids is 1. The average molecular weight is 379 g/mol. The highest BCUT2D eigenvalue weighted by Gasteiger charge is 2.13. The maximum absolute atomic E-state index is 11.5. The Morgan fingerprint density at radius 2 is 1.68 bits per heavy atom. The molecule has 6 heteroatoms. The van der Waals surface area contributed by atoms with E-state index in [-0.39, 0.29) is 12.2 Å². The lowest BCUT2D eigenvalue weighted by molar-refractivity contribution is 0.0693. The van der Waals surface area contributed by atoms with Crippen LogP contribution in [-0.2, 0) is 6.61 Å². The van der Waals surface area contributed by atoms with Crippen molar-refractivity contribution in [3.05, 3.63) is 83.6 Å². The monoisotopic (exact) mass is 379 g/mol. The van der Waals surface area contributed by atoms with Gasteiger partial charge < -0.3 is 19.3 Å². The third kappa shape index (κ3) is 5.23. The van der Waals surface area contributed by atoms with Crippen LogP contribution >= 0.6 is 0 Å². The number of carboxylic acid groups (broad SMARTS) is 1. The van der Waals surface area contributed by atoms with Crippen LogP contribution in [0, 0.1) is 6.92 Å². The second-order valence-electron chi connectivity index (χ2n) is 6.04. The van der Waals surface area contributed by atoms with Gasteiger partial charge in [-0.3, -0.25) is 0 Å². The summed E-state index contributed by atoms with van der Waals surface area (Å²) in [5, 5.41) is 9.40. The number of nitrogens with zero attached hydrogens (tertiary/aromatic N) is 1. The Kier molecular flexibility index (Phi) is 6.46. The lowest BCUT2D eigenvalue weighted by Gasteiger charge is -2.12. The molecule has 6 nitrogen and oxygen atoms in total. The van der Waals surface area contributed by atoms with Gasteiger partial charge in [-0.25, -0.2) is 9.78 Å². The largest absolute Gasteiger partial charge is 0.490 e. The van der Waals surface area contributed by atoms with Gasteiger partial charge in [-0.1, -0.05) is 30.3 Å². The van der Waals surface area contributed by atoms with Crippen molar-refractivity contribution in [1.82, 2.24) is 4.98 Å². The van der Waals surface area contributed by atoms with Gasteiger partial charge in [0.25, 0.3) is 0 Å². The summed E-state index contributed by atoms with van der Waals surface area (Å²) in [5.41, 5.74) is 1.61. The maximum Gasteiger partial charge on any atom is 0.336 e. The normalized spacial score (nSPS) is 10.3. The van der Waals surface area contributed by atoms with Crippen molar-refractivity contribution in [1.29, 1.82) is 0 Å². The minimum Gasteiger partial charge on any atom is -0.490 e. The summed E-state index contributed by atoms with van der Waals surface area (Å²) < 4.78 is 16.9. The SMILES string of the molecule is Cc1cccc(COc2cccc(OCCOc3ccccn3)c2)c1C(=O)O. The molecule has 0 atom stereocenters. The standard InChI is InChI=1S/C22H21NO5/c1-16-6-4-7-17(21(16)22(24)25)15-28-19-9-5-8-18(14-19)26-12-13-27-20-10-2-3-11-23-20/h2-11,14H,12-13,15H2,1H3,(H,24,25). The van der Waals surface area contributed by atoms with E-state index in [0.29, 0.717) is 41.7 Å². The highest BCUT2D eigenvalue weighted by atomic mass is 16.5. The minimum absolute atomic E-state index is 0.162. The minimum atomic E-state index is -0.957. The topological polar surface area (TPSA) is 77.9 Å². The number of carbonyl (C=O) groups is 1. The fourth-order valence-corrected chi connectivity index (χ4v) is 2.71. The van der Waals surface area contributed by atoms with Crippen molar-refractivity contribution < 1.29 is 24.1 Å². The Morgan fingerprint density at radius 1 is 0.929 bits per heavy atom. The Morgan fingerprint density at radius 3 is 2.43 bits per heavy atom. The van der Waals surface area contributed by atoms with Gasteiger partial charge in [0.1, 0.15) is 31.3 Å². The summed E-state index contributed by atoms with van der Waals surface area (Å²) in [6.07, 6.45) is 1.67. The zero-order valence-corrected chi connectivity index (χ0v) is 15.5. The van der Waals surface area contributed by atoms with E-state index in [0.717, 1.165) is 0 Å². The maximum atomic E-state index is 11.5. The van der Waals surface area contributed by atoms with Crippen LogP contribution < -0.4 is 14.2 Å². The highest BCUT2D eigenvalue weighted by Crippen LogP contribution is 2.22. The van der Waals surface area contributed by atoms with Crippen LogP contribution in [0.5, 0.6) is 17.4 Å². The number of benzene rings is 2. The number of aromatic carboxylic acids is 1. The van der Waals surface area contributed by atoms with Crippen molar-refractivity contribution in [2.75, 3.05) is 13.2 Å². The molecule has 0 amide bonds. The summed E-state index contributed by atoms with van der Waals surface area (Å²) in [5.74, 6) is 0.836. The van der Waals surface area contributed by atoms with Gasteiger partial charge in [-0.15, -0.1) is 0 Å². The van der Waals surface area contributed by atoms with E-state index in [9.17, 15) is 9.90 Å². The zero-order valence-electron chi connectivity index (χ0n) is 15.5. The molecular formula is C22H21NO5. The molecular weight excluding hydrogens is 358 g/mol. The lowest BCUT2D eigenvalue weighted by Crippen LogP contribution is -2.10. The number of ether oxygens (including phenoxy) is 3. The summed E-state index contributed by atoms with van der Waals surface area (Å²) in [6.45, 7) is 2.67. The Bertz CT molecular complexity index is 927. The first kappa shape index (κ1) is 19.2. The third-order valence-corrected chi connectivity index (χ3v) is 4.01. The molecule has 144 valence electrons. The first-order valence-corrected chi connectivity index (χ1v) is 8.85. The van der Waals surface area contributed by atoms with Gasteiger partial charge in [0.05, 0.1) is 5.56 Å². The van der Waals surface area contributed by atoms with Crippen molar-refractivity contribution in [2.45, 2.75) is 13.5 Å². The smallest absolute Gasteiger partial charge is 0.336 e. The van der Waals surface area contributed by atoms with Crippen molar-refractivity contribution in [3.8, 4) is 17.4 Å². The third-order valence-electron chi connectivity index (χ3n) is 4.01. The molecule has 0 aliphatic rings. The molecule has 1 aromatic heterocycles. The van der Waals surface area contributed by atoms with Gasteiger partial charge in [-0.05, 0) is 30.7 Å². The van der Waals surface area contributed by atoms with Gasteiger partial charge in [0.15, 0.2) is 0 Å². The van der Waals surface area contributed by atoms with Crippen LogP contribution in [0.15, 0.2) is 66.9 Å². The average Bonchev–Trinajstić information content (AvgIpc) is 2.70. The molecule has 0 fully saturated rings. The molecule has 0 radical (unpaired) electrons. The van der Waals surface area contributed by atoms with Crippen LogP contribution in [0.2, 0.25) is 0 Å². The molecule has 3 aromatic rings. The molecule has 28 heavy (non-hydrogen) atoms. The van der Waals surface area contributed by atoms with E-state index in [1.807, 2.05) is 30.3 Å². The first-order valence-electron chi connectivity index (χ1n) is 8.85. The summed E-state index contributed by atoms with van der Waals surface area (Å²) in [4.78, 5) is 15.5. The number of hydrogen-bond acceptors (Lipinski definition) is 5. The number of pyridine rings is 1. The quantitative estimate of drug-likeness (QED) is 0.564. The molecule has 0 unspecified atom stereocenters. The summed E-state index contributed by atoms with van der Waals surface area (Å²) >= 11 is 0. The van der Waals surface area contributed by atoms with E-state index in [1.54, 1.807) is 43.5 Å². The lowest BCUT2D eigenvalue weighted by atomic mass is 10.0. The van der Waals surface area contributed by atoms with E-state index in [4.69, 9.17) is 14.2 Å².